The normalized spacial score (nSPS) is 22.8. The zero-order valence-electron chi connectivity index (χ0n) is 10.7. The first kappa shape index (κ1) is 12.8. The molecule has 1 fully saturated rings. The van der Waals surface area contributed by atoms with E-state index < -0.39 is 0 Å². The summed E-state index contributed by atoms with van der Waals surface area (Å²) in [7, 11) is 0. The predicted octanol–water partition coefficient (Wildman–Crippen LogP) is 0.817. The lowest BCUT2D eigenvalue weighted by molar-refractivity contribution is 0.0950. The lowest BCUT2D eigenvalue weighted by Gasteiger charge is -2.23. The van der Waals surface area contributed by atoms with Crippen molar-refractivity contribution in [1.82, 2.24) is 15.5 Å². The van der Waals surface area contributed by atoms with Gasteiger partial charge in [-0.15, -0.1) is 10.2 Å². The summed E-state index contributed by atoms with van der Waals surface area (Å²) >= 11 is 0. The maximum Gasteiger partial charge on any atom is 0.271 e. The number of carbonyl (C=O) groups is 1. The highest BCUT2D eigenvalue weighted by atomic mass is 16.5. The second-order valence-electron chi connectivity index (χ2n) is 4.65. The zero-order chi connectivity index (χ0) is 13.0. The van der Waals surface area contributed by atoms with Crippen LogP contribution in [0.1, 0.15) is 30.8 Å². The lowest BCUT2D eigenvalue weighted by atomic mass is 10.0. The number of rotatable bonds is 4. The molecule has 2 N–H and O–H groups in total. The van der Waals surface area contributed by atoms with Crippen LogP contribution in [0.5, 0.6) is 0 Å². The summed E-state index contributed by atoms with van der Waals surface area (Å²) in [5.41, 5.74) is 0.234. The largest absolute Gasteiger partial charge is 0.379 e. The molecule has 6 nitrogen and oxygen atoms in total. The molecule has 1 amide bonds. The Labute approximate surface area is 106 Å². The zero-order valence-corrected chi connectivity index (χ0v) is 10.7. The van der Waals surface area contributed by atoms with Crippen molar-refractivity contribution in [2.45, 2.75) is 25.8 Å². The lowest BCUT2D eigenvalue weighted by Crippen LogP contribution is -2.35. The van der Waals surface area contributed by atoms with Crippen molar-refractivity contribution in [1.29, 1.82) is 0 Å². The number of anilines is 1. The van der Waals surface area contributed by atoms with Gasteiger partial charge in [-0.1, -0.05) is 0 Å². The highest BCUT2D eigenvalue weighted by Gasteiger charge is 2.29. The first-order valence-corrected chi connectivity index (χ1v) is 6.11. The molecule has 0 radical (unpaired) electrons. The second-order valence-corrected chi connectivity index (χ2v) is 4.65. The van der Waals surface area contributed by atoms with Crippen molar-refractivity contribution >= 4 is 11.7 Å². The number of ether oxygens (including phenoxy) is 1. The van der Waals surface area contributed by atoms with Crippen molar-refractivity contribution < 1.29 is 9.53 Å². The topological polar surface area (TPSA) is 76.1 Å². The molecule has 1 unspecified atom stereocenters. The van der Waals surface area contributed by atoms with Crippen molar-refractivity contribution in [3.05, 3.63) is 17.8 Å². The fourth-order valence-electron chi connectivity index (χ4n) is 1.85. The highest BCUT2D eigenvalue weighted by molar-refractivity contribution is 5.92. The Bertz CT molecular complexity index is 413. The van der Waals surface area contributed by atoms with Crippen LogP contribution in [0.2, 0.25) is 0 Å². The molecular weight excluding hydrogens is 232 g/mol. The number of carbonyl (C=O) groups excluding carboxylic acids is 1. The van der Waals surface area contributed by atoms with Gasteiger partial charge in [-0.05, 0) is 32.4 Å². The Kier molecular flexibility index (Phi) is 3.76. The molecule has 2 heterocycles. The molecule has 1 aromatic heterocycles. The van der Waals surface area contributed by atoms with Crippen molar-refractivity contribution in [2.24, 2.45) is 0 Å². The fourth-order valence-corrected chi connectivity index (χ4v) is 1.85. The van der Waals surface area contributed by atoms with Gasteiger partial charge in [0.1, 0.15) is 5.82 Å². The summed E-state index contributed by atoms with van der Waals surface area (Å²) in [5, 5.41) is 13.9. The van der Waals surface area contributed by atoms with E-state index in [9.17, 15) is 4.79 Å². The second kappa shape index (κ2) is 5.30. The minimum Gasteiger partial charge on any atom is -0.379 e. The monoisotopic (exact) mass is 250 g/mol. The van der Waals surface area contributed by atoms with Gasteiger partial charge in [-0.25, -0.2) is 0 Å². The Morgan fingerprint density at radius 1 is 1.50 bits per heavy atom. The minimum atomic E-state index is -0.202. The molecule has 0 aromatic carbocycles. The third-order valence-corrected chi connectivity index (χ3v) is 2.88. The van der Waals surface area contributed by atoms with Crippen LogP contribution in [0, 0.1) is 0 Å². The standard InChI is InChI=1S/C12H18N4O2/c1-3-13-11(17)9-4-5-10(16-15-9)14-12(2)6-7-18-8-12/h4-5H,3,6-8H2,1-2H3,(H,13,17)(H,14,16). The van der Waals surface area contributed by atoms with Gasteiger partial charge in [0.2, 0.25) is 0 Å². The number of aromatic nitrogens is 2. The first-order valence-electron chi connectivity index (χ1n) is 6.11. The highest BCUT2D eigenvalue weighted by Crippen LogP contribution is 2.22. The van der Waals surface area contributed by atoms with Gasteiger partial charge in [0.25, 0.3) is 5.91 Å². The van der Waals surface area contributed by atoms with Crippen LogP contribution in [-0.4, -0.2) is 41.4 Å². The third-order valence-electron chi connectivity index (χ3n) is 2.88. The van der Waals surface area contributed by atoms with E-state index >= 15 is 0 Å². The van der Waals surface area contributed by atoms with E-state index in [1.807, 2.05) is 6.92 Å². The molecule has 1 aliphatic rings. The van der Waals surface area contributed by atoms with Gasteiger partial charge in [0, 0.05) is 13.2 Å². The van der Waals surface area contributed by atoms with Crippen LogP contribution < -0.4 is 10.6 Å². The number of hydrogen-bond donors (Lipinski definition) is 2. The van der Waals surface area contributed by atoms with Gasteiger partial charge in [-0.3, -0.25) is 4.79 Å². The number of nitrogens with zero attached hydrogens (tertiary/aromatic N) is 2. The molecule has 0 aliphatic carbocycles. The van der Waals surface area contributed by atoms with Crippen LogP contribution in [0.4, 0.5) is 5.82 Å². The van der Waals surface area contributed by atoms with Crippen molar-refractivity contribution in [3.63, 3.8) is 0 Å². The molecule has 1 atom stereocenters. The summed E-state index contributed by atoms with van der Waals surface area (Å²) in [5.74, 6) is 0.461. The third kappa shape index (κ3) is 2.95. The fraction of sp³-hybridized carbons (Fsp3) is 0.583. The Morgan fingerprint density at radius 2 is 2.33 bits per heavy atom. The average Bonchev–Trinajstić information content (AvgIpc) is 2.77. The predicted molar refractivity (Wildman–Crippen MR) is 67.5 cm³/mol. The van der Waals surface area contributed by atoms with Crippen LogP contribution in [0.3, 0.4) is 0 Å². The average molecular weight is 250 g/mol. The van der Waals surface area contributed by atoms with E-state index in [-0.39, 0.29) is 11.4 Å². The summed E-state index contributed by atoms with van der Waals surface area (Å²) in [6.07, 6.45) is 0.937. The van der Waals surface area contributed by atoms with E-state index in [0.717, 1.165) is 13.0 Å². The molecule has 98 valence electrons. The Morgan fingerprint density at radius 3 is 2.89 bits per heavy atom. The Balaban J connectivity index is 2.01. The maximum absolute atomic E-state index is 11.5. The van der Waals surface area contributed by atoms with Gasteiger partial charge in [-0.2, -0.15) is 0 Å². The molecular formula is C12H18N4O2. The maximum atomic E-state index is 11.5. The van der Waals surface area contributed by atoms with E-state index in [4.69, 9.17) is 4.74 Å². The van der Waals surface area contributed by atoms with E-state index in [1.165, 1.54) is 0 Å². The van der Waals surface area contributed by atoms with Crippen molar-refractivity contribution in [2.75, 3.05) is 25.1 Å². The molecule has 2 rings (SSSR count). The van der Waals surface area contributed by atoms with Crippen LogP contribution >= 0.6 is 0 Å². The smallest absolute Gasteiger partial charge is 0.271 e. The van der Waals surface area contributed by atoms with Crippen LogP contribution in [0.15, 0.2) is 12.1 Å². The van der Waals surface area contributed by atoms with Crippen LogP contribution in [-0.2, 0) is 4.74 Å². The van der Waals surface area contributed by atoms with E-state index in [2.05, 4.69) is 27.8 Å². The molecule has 1 aromatic rings. The van der Waals surface area contributed by atoms with E-state index in [0.29, 0.717) is 24.7 Å². The molecule has 6 heteroatoms. The van der Waals surface area contributed by atoms with Crippen LogP contribution in [0.25, 0.3) is 0 Å². The molecule has 1 aliphatic heterocycles. The summed E-state index contributed by atoms with van der Waals surface area (Å²) in [6, 6.07) is 3.43. The summed E-state index contributed by atoms with van der Waals surface area (Å²) < 4.78 is 5.35. The summed E-state index contributed by atoms with van der Waals surface area (Å²) in [6.45, 7) is 5.94. The SMILES string of the molecule is CCNC(=O)c1ccc(NC2(C)CCOC2)nn1. The van der Waals surface area contributed by atoms with Gasteiger partial charge >= 0.3 is 0 Å². The Hall–Kier alpha value is -1.69. The van der Waals surface area contributed by atoms with E-state index in [1.54, 1.807) is 12.1 Å². The number of hydrogen-bond acceptors (Lipinski definition) is 5. The van der Waals surface area contributed by atoms with Gasteiger partial charge in [0.05, 0.1) is 12.1 Å². The number of amides is 1. The van der Waals surface area contributed by atoms with Gasteiger partial charge < -0.3 is 15.4 Å². The first-order chi connectivity index (χ1) is 8.63. The van der Waals surface area contributed by atoms with Gasteiger partial charge in [0.15, 0.2) is 5.69 Å². The molecule has 0 spiro atoms. The quantitative estimate of drug-likeness (QED) is 0.827. The molecule has 1 saturated heterocycles. The summed E-state index contributed by atoms with van der Waals surface area (Å²) in [4.78, 5) is 11.5. The molecule has 0 bridgehead atoms. The molecule has 0 saturated carbocycles. The minimum absolute atomic E-state index is 0.0954. The number of nitrogens with one attached hydrogen (secondary N) is 2. The van der Waals surface area contributed by atoms with Crippen molar-refractivity contribution in [3.8, 4) is 0 Å². The molecule has 18 heavy (non-hydrogen) atoms.